The first kappa shape index (κ1) is 23.6. The number of aromatic nitrogens is 3. The van der Waals surface area contributed by atoms with Crippen molar-refractivity contribution in [2.45, 2.75) is 25.9 Å². The summed E-state index contributed by atoms with van der Waals surface area (Å²) in [7, 11) is 1.58. The summed E-state index contributed by atoms with van der Waals surface area (Å²) in [5.41, 5.74) is 3.26. The Morgan fingerprint density at radius 3 is 2.62 bits per heavy atom. The number of nitrogens with zero attached hydrogens (tertiary/aromatic N) is 4. The van der Waals surface area contributed by atoms with Gasteiger partial charge < -0.3 is 10.1 Å². The van der Waals surface area contributed by atoms with Crippen LogP contribution in [0.3, 0.4) is 0 Å². The van der Waals surface area contributed by atoms with Crippen LogP contribution in [-0.2, 0) is 27.3 Å². The summed E-state index contributed by atoms with van der Waals surface area (Å²) >= 11 is 1.44. The number of rotatable bonds is 10. The molecule has 0 radical (unpaired) electrons. The second kappa shape index (κ2) is 11.0. The summed E-state index contributed by atoms with van der Waals surface area (Å²) in [5.74, 6) is -0.531. The van der Waals surface area contributed by atoms with Gasteiger partial charge in [-0.15, -0.1) is 16.4 Å². The maximum absolute atomic E-state index is 13.8. The molecule has 9 heteroatoms. The third kappa shape index (κ3) is 5.16. The van der Waals surface area contributed by atoms with Crippen molar-refractivity contribution in [3.05, 3.63) is 76.5 Å². The number of ether oxygens (including phenoxy) is 1. The molecule has 0 spiro atoms. The van der Waals surface area contributed by atoms with E-state index >= 15 is 0 Å². The predicted molar refractivity (Wildman–Crippen MR) is 133 cm³/mol. The van der Waals surface area contributed by atoms with Gasteiger partial charge in [-0.1, -0.05) is 42.5 Å². The normalized spacial score (nSPS) is 11.9. The number of nitrogens with one attached hydrogen (secondary N) is 1. The molecule has 0 aliphatic carbocycles. The van der Waals surface area contributed by atoms with Gasteiger partial charge in [-0.05, 0) is 47.7 Å². The Labute approximate surface area is 202 Å². The highest BCUT2D eigenvalue weighted by atomic mass is 32.1. The first-order chi connectivity index (χ1) is 16.6. The fraction of sp³-hybridized carbons (Fsp3) is 0.280. The van der Waals surface area contributed by atoms with Crippen molar-refractivity contribution in [3.8, 4) is 0 Å². The van der Waals surface area contributed by atoms with Crippen molar-refractivity contribution < 1.29 is 14.3 Å². The molecule has 0 unspecified atom stereocenters. The van der Waals surface area contributed by atoms with Gasteiger partial charge in [-0.25, -0.2) is 4.68 Å². The second-order valence-corrected chi connectivity index (χ2v) is 8.70. The third-order valence-electron chi connectivity index (χ3n) is 5.52. The van der Waals surface area contributed by atoms with Crippen LogP contribution in [0.25, 0.3) is 11.0 Å². The van der Waals surface area contributed by atoms with Gasteiger partial charge in [0.2, 0.25) is 11.8 Å². The van der Waals surface area contributed by atoms with E-state index < -0.39 is 6.04 Å². The average molecular weight is 478 g/mol. The summed E-state index contributed by atoms with van der Waals surface area (Å²) in [5, 5.41) is 13.1. The molecule has 2 heterocycles. The molecular formula is C25H27N5O3S. The van der Waals surface area contributed by atoms with E-state index in [2.05, 4.69) is 22.6 Å². The summed E-state index contributed by atoms with van der Waals surface area (Å²) in [6, 6.07) is 18.1. The number of anilines is 1. The molecule has 2 amide bonds. The van der Waals surface area contributed by atoms with E-state index in [4.69, 9.17) is 4.74 Å². The maximum atomic E-state index is 13.8. The van der Waals surface area contributed by atoms with Gasteiger partial charge in [-0.2, -0.15) is 0 Å². The van der Waals surface area contributed by atoms with Crippen LogP contribution in [0, 0.1) is 0 Å². The number of carbonyl (C=O) groups is 2. The molecule has 34 heavy (non-hydrogen) atoms. The van der Waals surface area contributed by atoms with Crippen LogP contribution < -0.4 is 10.2 Å². The smallest absolute Gasteiger partial charge is 0.249 e. The van der Waals surface area contributed by atoms with Crippen molar-refractivity contribution in [1.29, 1.82) is 0 Å². The highest BCUT2D eigenvalue weighted by Crippen LogP contribution is 2.31. The number of para-hydroxylation sites is 1. The number of thiophene rings is 1. The minimum atomic E-state index is -0.827. The van der Waals surface area contributed by atoms with Crippen LogP contribution in [-0.4, -0.2) is 47.1 Å². The quantitative estimate of drug-likeness (QED) is 0.353. The molecule has 176 valence electrons. The molecule has 1 atom stereocenters. The van der Waals surface area contributed by atoms with E-state index in [0.29, 0.717) is 24.4 Å². The van der Waals surface area contributed by atoms with E-state index in [0.717, 1.165) is 22.4 Å². The molecule has 8 nitrogen and oxygen atoms in total. The molecule has 0 saturated carbocycles. The van der Waals surface area contributed by atoms with Crippen molar-refractivity contribution in [1.82, 2.24) is 20.3 Å². The van der Waals surface area contributed by atoms with E-state index in [1.165, 1.54) is 11.3 Å². The van der Waals surface area contributed by atoms with Crippen LogP contribution in [0.15, 0.2) is 66.0 Å². The third-order valence-corrected chi connectivity index (χ3v) is 6.45. The Hall–Kier alpha value is -3.56. The monoisotopic (exact) mass is 477 g/mol. The van der Waals surface area contributed by atoms with Gasteiger partial charge in [-0.3, -0.25) is 14.5 Å². The number of carbonyl (C=O) groups excluding carboxylic acids is 2. The van der Waals surface area contributed by atoms with Gasteiger partial charge in [0.15, 0.2) is 0 Å². The molecule has 4 aromatic rings. The van der Waals surface area contributed by atoms with Crippen LogP contribution in [0.1, 0.15) is 23.4 Å². The molecule has 2 aromatic carbocycles. The number of fused-ring (bicyclic) bond motifs is 1. The lowest BCUT2D eigenvalue weighted by Crippen LogP contribution is -2.45. The van der Waals surface area contributed by atoms with Crippen molar-refractivity contribution in [3.63, 3.8) is 0 Å². The molecule has 2 aromatic heterocycles. The lowest BCUT2D eigenvalue weighted by atomic mass is 10.1. The number of benzene rings is 2. The SMILES string of the molecule is CCc1ccc(N(C(=O)Cn2nnc3ccccc32)[C@@H](C(=O)NCCOC)c2cccs2)cc1. The number of aryl methyl sites for hydroxylation is 1. The van der Waals surface area contributed by atoms with Crippen LogP contribution in [0.5, 0.6) is 0 Å². The van der Waals surface area contributed by atoms with Gasteiger partial charge in [0.25, 0.3) is 0 Å². The molecule has 0 bridgehead atoms. The maximum Gasteiger partial charge on any atom is 0.249 e. The van der Waals surface area contributed by atoms with Crippen LogP contribution >= 0.6 is 11.3 Å². The number of amides is 2. The molecular weight excluding hydrogens is 450 g/mol. The Kier molecular flexibility index (Phi) is 7.66. The Bertz CT molecular complexity index is 1240. The fourth-order valence-electron chi connectivity index (χ4n) is 3.76. The zero-order valence-electron chi connectivity index (χ0n) is 19.2. The van der Waals surface area contributed by atoms with E-state index in [9.17, 15) is 9.59 Å². The minimum Gasteiger partial charge on any atom is -0.383 e. The van der Waals surface area contributed by atoms with Crippen molar-refractivity contribution in [2.24, 2.45) is 0 Å². The zero-order chi connectivity index (χ0) is 23.9. The van der Waals surface area contributed by atoms with Crippen LogP contribution in [0.4, 0.5) is 5.69 Å². The summed E-state index contributed by atoms with van der Waals surface area (Å²) in [4.78, 5) is 29.5. The Morgan fingerprint density at radius 2 is 1.91 bits per heavy atom. The van der Waals surface area contributed by atoms with Gasteiger partial charge in [0, 0.05) is 24.2 Å². The van der Waals surface area contributed by atoms with Gasteiger partial charge in [0.1, 0.15) is 18.1 Å². The summed E-state index contributed by atoms with van der Waals surface area (Å²) in [6.07, 6.45) is 0.880. The molecule has 0 aliphatic heterocycles. The van der Waals surface area contributed by atoms with Crippen molar-refractivity contribution >= 4 is 39.9 Å². The highest BCUT2D eigenvalue weighted by Gasteiger charge is 2.33. The van der Waals surface area contributed by atoms with Gasteiger partial charge in [0.05, 0.1) is 12.1 Å². The second-order valence-electron chi connectivity index (χ2n) is 7.72. The zero-order valence-corrected chi connectivity index (χ0v) is 20.0. The fourth-order valence-corrected chi connectivity index (χ4v) is 4.57. The van der Waals surface area contributed by atoms with E-state index in [-0.39, 0.29) is 18.4 Å². The molecule has 1 N–H and O–H groups in total. The molecule has 0 saturated heterocycles. The van der Waals surface area contributed by atoms with Crippen molar-refractivity contribution in [2.75, 3.05) is 25.2 Å². The van der Waals surface area contributed by atoms with Gasteiger partial charge >= 0.3 is 0 Å². The number of hydrogen-bond acceptors (Lipinski definition) is 6. The standard InChI is InChI=1S/C25H27N5O3S/c1-3-18-10-12-19(13-11-18)30(23(31)17-29-21-8-5-4-7-20(21)27-28-29)24(22-9-6-16-34-22)25(32)26-14-15-33-2/h4-13,16,24H,3,14-15,17H2,1-2H3,(H,26,32)/t24-/m1/s1. The predicted octanol–water partition coefficient (Wildman–Crippen LogP) is 3.59. The van der Waals surface area contributed by atoms with Crippen LogP contribution in [0.2, 0.25) is 0 Å². The highest BCUT2D eigenvalue weighted by molar-refractivity contribution is 7.10. The molecule has 0 aliphatic rings. The largest absolute Gasteiger partial charge is 0.383 e. The summed E-state index contributed by atoms with van der Waals surface area (Å²) < 4.78 is 6.65. The van der Waals surface area contributed by atoms with E-state index in [1.807, 2.05) is 66.0 Å². The lowest BCUT2D eigenvalue weighted by Gasteiger charge is -2.30. The topological polar surface area (TPSA) is 89.4 Å². The first-order valence-electron chi connectivity index (χ1n) is 11.1. The Morgan fingerprint density at radius 1 is 1.12 bits per heavy atom. The minimum absolute atomic E-state index is 0.0523. The average Bonchev–Trinajstić information content (AvgIpc) is 3.53. The Balaban J connectivity index is 1.73. The first-order valence-corrected chi connectivity index (χ1v) is 12.0. The van der Waals surface area contributed by atoms with E-state index in [1.54, 1.807) is 16.7 Å². The lowest BCUT2D eigenvalue weighted by molar-refractivity contribution is -0.127. The number of hydrogen-bond donors (Lipinski definition) is 1. The summed E-state index contributed by atoms with van der Waals surface area (Å²) in [6.45, 7) is 2.75. The number of methoxy groups -OCH3 is 1. The molecule has 0 fully saturated rings. The molecule has 4 rings (SSSR count).